The standard InChI is InChI=1S/C22H29N/c1-2-22(20-14-8-4-9-15-20,18-19-12-6-3-7-13-19)23-21-16-10-5-11-17-21/h3,5-7,10-13,16-17,20,23H,2,4,8-9,14-15,18H2,1H3. The van der Waals surface area contributed by atoms with Gasteiger partial charge in [0.1, 0.15) is 0 Å². The summed E-state index contributed by atoms with van der Waals surface area (Å²) in [5.74, 6) is 0.765. The van der Waals surface area contributed by atoms with Gasteiger partial charge in [0, 0.05) is 11.2 Å². The second kappa shape index (κ2) is 7.68. The first-order valence-corrected chi connectivity index (χ1v) is 9.19. The molecule has 0 heterocycles. The van der Waals surface area contributed by atoms with Gasteiger partial charge in [-0.1, -0.05) is 74.7 Å². The van der Waals surface area contributed by atoms with Gasteiger partial charge in [-0.3, -0.25) is 0 Å². The van der Waals surface area contributed by atoms with Gasteiger partial charge in [-0.05, 0) is 49.3 Å². The summed E-state index contributed by atoms with van der Waals surface area (Å²) in [6.07, 6.45) is 9.19. The van der Waals surface area contributed by atoms with E-state index >= 15 is 0 Å². The van der Waals surface area contributed by atoms with Crippen molar-refractivity contribution >= 4 is 5.69 Å². The van der Waals surface area contributed by atoms with Crippen LogP contribution in [-0.4, -0.2) is 5.54 Å². The van der Waals surface area contributed by atoms with Crippen LogP contribution >= 0.6 is 0 Å². The number of benzene rings is 2. The highest BCUT2D eigenvalue weighted by atomic mass is 15.0. The van der Waals surface area contributed by atoms with E-state index in [0.717, 1.165) is 12.3 Å². The van der Waals surface area contributed by atoms with Crippen LogP contribution in [0.1, 0.15) is 51.0 Å². The topological polar surface area (TPSA) is 12.0 Å². The molecule has 23 heavy (non-hydrogen) atoms. The van der Waals surface area contributed by atoms with Crippen molar-refractivity contribution in [3.8, 4) is 0 Å². The third-order valence-electron chi connectivity index (χ3n) is 5.55. The summed E-state index contributed by atoms with van der Waals surface area (Å²) < 4.78 is 0. The van der Waals surface area contributed by atoms with E-state index in [1.165, 1.54) is 49.8 Å². The summed E-state index contributed by atoms with van der Waals surface area (Å²) in [5.41, 5.74) is 2.88. The minimum Gasteiger partial charge on any atom is -0.379 e. The lowest BCUT2D eigenvalue weighted by Gasteiger charge is -2.44. The fourth-order valence-electron chi connectivity index (χ4n) is 4.22. The van der Waals surface area contributed by atoms with Crippen LogP contribution in [0.3, 0.4) is 0 Å². The van der Waals surface area contributed by atoms with E-state index in [4.69, 9.17) is 0 Å². The van der Waals surface area contributed by atoms with Gasteiger partial charge < -0.3 is 5.32 Å². The zero-order chi connectivity index (χ0) is 16.0. The van der Waals surface area contributed by atoms with Crippen LogP contribution < -0.4 is 5.32 Å². The highest BCUT2D eigenvalue weighted by Gasteiger charge is 2.37. The van der Waals surface area contributed by atoms with Crippen LogP contribution in [0.25, 0.3) is 0 Å². The van der Waals surface area contributed by atoms with Crippen molar-refractivity contribution in [2.75, 3.05) is 5.32 Å². The molecule has 2 aromatic carbocycles. The molecule has 122 valence electrons. The van der Waals surface area contributed by atoms with Crippen molar-refractivity contribution in [3.05, 3.63) is 66.2 Å². The van der Waals surface area contributed by atoms with E-state index in [1.54, 1.807) is 0 Å². The molecule has 0 amide bonds. The molecule has 0 saturated heterocycles. The number of rotatable bonds is 6. The summed E-state index contributed by atoms with van der Waals surface area (Å²) in [7, 11) is 0. The van der Waals surface area contributed by atoms with Crippen LogP contribution in [0.2, 0.25) is 0 Å². The predicted molar refractivity (Wildman–Crippen MR) is 99.8 cm³/mol. The Morgan fingerprint density at radius 1 is 0.870 bits per heavy atom. The van der Waals surface area contributed by atoms with E-state index < -0.39 is 0 Å². The lowest BCUT2D eigenvalue weighted by atomic mass is 9.70. The first-order valence-electron chi connectivity index (χ1n) is 9.19. The van der Waals surface area contributed by atoms with Gasteiger partial charge in [-0.2, -0.15) is 0 Å². The predicted octanol–water partition coefficient (Wildman–Crippen LogP) is 6.07. The number of hydrogen-bond donors (Lipinski definition) is 1. The monoisotopic (exact) mass is 307 g/mol. The number of anilines is 1. The Balaban J connectivity index is 1.89. The highest BCUT2D eigenvalue weighted by Crippen LogP contribution is 2.39. The Labute approximate surface area is 141 Å². The zero-order valence-electron chi connectivity index (χ0n) is 14.3. The highest BCUT2D eigenvalue weighted by molar-refractivity contribution is 5.46. The molecule has 1 aliphatic carbocycles. The van der Waals surface area contributed by atoms with Crippen LogP contribution in [0.15, 0.2) is 60.7 Å². The molecule has 1 atom stereocenters. The molecule has 1 heteroatoms. The second-order valence-corrected chi connectivity index (χ2v) is 7.00. The summed E-state index contributed by atoms with van der Waals surface area (Å²) in [4.78, 5) is 0. The third kappa shape index (κ3) is 3.96. The summed E-state index contributed by atoms with van der Waals surface area (Å²) in [5, 5.41) is 3.96. The molecule has 1 nitrogen and oxygen atoms in total. The minimum atomic E-state index is 0.170. The lowest BCUT2D eigenvalue weighted by Crippen LogP contribution is -2.48. The molecule has 1 unspecified atom stereocenters. The Morgan fingerprint density at radius 3 is 2.09 bits per heavy atom. The molecule has 0 spiro atoms. The van der Waals surface area contributed by atoms with Crippen LogP contribution in [0.5, 0.6) is 0 Å². The average Bonchev–Trinajstić information content (AvgIpc) is 2.63. The molecule has 0 aromatic heterocycles. The van der Waals surface area contributed by atoms with Gasteiger partial charge >= 0.3 is 0 Å². The molecule has 2 aromatic rings. The molecule has 0 bridgehead atoms. The number of nitrogens with one attached hydrogen (secondary N) is 1. The summed E-state index contributed by atoms with van der Waals surface area (Å²) in [6.45, 7) is 2.35. The normalized spacial score (nSPS) is 18.3. The van der Waals surface area contributed by atoms with Gasteiger partial charge in [-0.25, -0.2) is 0 Å². The van der Waals surface area contributed by atoms with Gasteiger partial charge in [0.2, 0.25) is 0 Å². The quantitative estimate of drug-likeness (QED) is 0.683. The fraction of sp³-hybridized carbons (Fsp3) is 0.455. The largest absolute Gasteiger partial charge is 0.379 e. The van der Waals surface area contributed by atoms with Crippen LogP contribution in [-0.2, 0) is 6.42 Å². The second-order valence-electron chi connectivity index (χ2n) is 7.00. The van der Waals surface area contributed by atoms with E-state index in [2.05, 4.69) is 72.9 Å². The van der Waals surface area contributed by atoms with Crippen molar-refractivity contribution in [2.45, 2.75) is 57.4 Å². The fourth-order valence-corrected chi connectivity index (χ4v) is 4.22. The van der Waals surface area contributed by atoms with Gasteiger partial charge in [0.15, 0.2) is 0 Å². The van der Waals surface area contributed by atoms with Crippen molar-refractivity contribution in [1.82, 2.24) is 0 Å². The Bertz CT molecular complexity index is 528. The first-order chi connectivity index (χ1) is 11.3. The SMILES string of the molecule is CCC(Cc1ccccc1)(Nc1ccccc1)C1CCCCC1. The molecule has 3 rings (SSSR count). The van der Waals surface area contributed by atoms with Crippen molar-refractivity contribution in [1.29, 1.82) is 0 Å². The van der Waals surface area contributed by atoms with E-state index in [9.17, 15) is 0 Å². The smallest absolute Gasteiger partial charge is 0.0439 e. The summed E-state index contributed by atoms with van der Waals surface area (Å²) >= 11 is 0. The number of hydrogen-bond acceptors (Lipinski definition) is 1. The first kappa shape index (κ1) is 16.1. The Kier molecular flexibility index (Phi) is 5.38. The van der Waals surface area contributed by atoms with Crippen molar-refractivity contribution < 1.29 is 0 Å². The molecule has 0 radical (unpaired) electrons. The minimum absolute atomic E-state index is 0.170. The average molecular weight is 307 g/mol. The molecule has 0 aliphatic heterocycles. The maximum atomic E-state index is 3.96. The molecule has 1 saturated carbocycles. The Morgan fingerprint density at radius 2 is 1.48 bits per heavy atom. The maximum absolute atomic E-state index is 3.96. The van der Waals surface area contributed by atoms with Crippen LogP contribution in [0, 0.1) is 5.92 Å². The van der Waals surface area contributed by atoms with Crippen molar-refractivity contribution in [3.63, 3.8) is 0 Å². The molecule has 1 aliphatic rings. The van der Waals surface area contributed by atoms with E-state index in [-0.39, 0.29) is 5.54 Å². The van der Waals surface area contributed by atoms with Crippen molar-refractivity contribution in [2.24, 2.45) is 5.92 Å². The van der Waals surface area contributed by atoms with Gasteiger partial charge in [-0.15, -0.1) is 0 Å². The Hall–Kier alpha value is -1.76. The maximum Gasteiger partial charge on any atom is 0.0439 e. The van der Waals surface area contributed by atoms with Gasteiger partial charge in [0.25, 0.3) is 0 Å². The van der Waals surface area contributed by atoms with Crippen LogP contribution in [0.4, 0.5) is 5.69 Å². The summed E-state index contributed by atoms with van der Waals surface area (Å²) in [6, 6.07) is 21.8. The van der Waals surface area contributed by atoms with Gasteiger partial charge in [0.05, 0.1) is 0 Å². The van der Waals surface area contributed by atoms with E-state index in [0.29, 0.717) is 0 Å². The molecule has 1 N–H and O–H groups in total. The zero-order valence-corrected chi connectivity index (χ0v) is 14.3. The lowest BCUT2D eigenvalue weighted by molar-refractivity contribution is 0.217. The molecule has 1 fully saturated rings. The number of para-hydroxylation sites is 1. The third-order valence-corrected chi connectivity index (χ3v) is 5.55. The molecular weight excluding hydrogens is 278 g/mol. The molecular formula is C22H29N. The van der Waals surface area contributed by atoms with E-state index in [1.807, 2.05) is 0 Å².